The molecule has 6 heteroatoms. The van der Waals surface area contributed by atoms with Crippen LogP contribution in [-0.4, -0.2) is 26.6 Å². The van der Waals surface area contributed by atoms with Crippen molar-refractivity contribution in [1.82, 2.24) is 14.6 Å². The minimum Gasteiger partial charge on any atom is -0.346 e. The highest BCUT2D eigenvalue weighted by atomic mass is 32.2. The Balaban J connectivity index is 3.07. The van der Waals surface area contributed by atoms with Crippen molar-refractivity contribution >= 4 is 10.0 Å². The highest BCUT2D eigenvalue weighted by Crippen LogP contribution is 2.18. The second-order valence-electron chi connectivity index (χ2n) is 4.60. The first-order valence-corrected chi connectivity index (χ1v) is 7.75. The van der Waals surface area contributed by atoms with E-state index < -0.39 is 10.0 Å². The molecule has 0 fully saturated rings. The van der Waals surface area contributed by atoms with E-state index in [1.54, 1.807) is 12.3 Å². The van der Waals surface area contributed by atoms with Gasteiger partial charge in [0.15, 0.2) is 0 Å². The van der Waals surface area contributed by atoms with Gasteiger partial charge in [0.25, 0.3) is 0 Å². The van der Waals surface area contributed by atoms with Crippen molar-refractivity contribution < 1.29 is 8.42 Å². The van der Waals surface area contributed by atoms with Gasteiger partial charge in [0, 0.05) is 31.0 Å². The lowest BCUT2D eigenvalue weighted by molar-refractivity contribution is 0.561. The van der Waals surface area contributed by atoms with E-state index >= 15 is 0 Å². The van der Waals surface area contributed by atoms with Crippen LogP contribution in [0, 0.1) is 0 Å². The fourth-order valence-corrected chi connectivity index (χ4v) is 2.95. The van der Waals surface area contributed by atoms with Crippen molar-refractivity contribution in [2.24, 2.45) is 0 Å². The summed E-state index contributed by atoms with van der Waals surface area (Å²) in [6.07, 6.45) is 2.49. The van der Waals surface area contributed by atoms with E-state index in [1.807, 2.05) is 32.4 Å². The number of hydrogen-bond acceptors (Lipinski definition) is 3. The van der Waals surface area contributed by atoms with Crippen molar-refractivity contribution in [3.63, 3.8) is 0 Å². The number of hydrogen-bond donors (Lipinski definition) is 2. The highest BCUT2D eigenvalue weighted by molar-refractivity contribution is 7.89. The van der Waals surface area contributed by atoms with Gasteiger partial charge in [0.05, 0.1) is 4.90 Å². The van der Waals surface area contributed by atoms with Gasteiger partial charge in [-0.25, -0.2) is 13.1 Å². The molecule has 18 heavy (non-hydrogen) atoms. The quantitative estimate of drug-likeness (QED) is 0.791. The smallest absolute Gasteiger partial charge is 0.242 e. The maximum atomic E-state index is 12.0. The molecule has 0 saturated carbocycles. The molecule has 5 nitrogen and oxygen atoms in total. The lowest BCUT2D eigenvalue weighted by Crippen LogP contribution is -2.24. The highest BCUT2D eigenvalue weighted by Gasteiger charge is 2.18. The Bertz CT molecular complexity index is 478. The summed E-state index contributed by atoms with van der Waals surface area (Å²) in [5.41, 5.74) is 0.976. The van der Waals surface area contributed by atoms with E-state index in [2.05, 4.69) is 10.0 Å². The van der Waals surface area contributed by atoms with Crippen LogP contribution in [0.2, 0.25) is 0 Å². The third-order valence-electron chi connectivity index (χ3n) is 2.67. The number of rotatable bonds is 7. The molecule has 0 aliphatic carbocycles. The van der Waals surface area contributed by atoms with Crippen molar-refractivity contribution in [2.75, 3.05) is 13.6 Å². The second kappa shape index (κ2) is 6.36. The molecule has 0 saturated heterocycles. The largest absolute Gasteiger partial charge is 0.346 e. The maximum Gasteiger partial charge on any atom is 0.242 e. The molecule has 0 aliphatic rings. The monoisotopic (exact) mass is 273 g/mol. The Morgan fingerprint density at radius 1 is 1.39 bits per heavy atom. The van der Waals surface area contributed by atoms with Crippen LogP contribution in [0.3, 0.4) is 0 Å². The van der Waals surface area contributed by atoms with Gasteiger partial charge >= 0.3 is 0 Å². The van der Waals surface area contributed by atoms with Gasteiger partial charge in [-0.05, 0) is 33.4 Å². The van der Waals surface area contributed by atoms with Crippen LogP contribution in [0.25, 0.3) is 0 Å². The van der Waals surface area contributed by atoms with Gasteiger partial charge in [0.2, 0.25) is 10.0 Å². The van der Waals surface area contributed by atoms with Crippen molar-refractivity contribution in [1.29, 1.82) is 0 Å². The molecule has 2 N–H and O–H groups in total. The molecule has 1 rings (SSSR count). The molecule has 0 aliphatic heterocycles. The summed E-state index contributed by atoms with van der Waals surface area (Å²) in [6.45, 7) is 7.14. The van der Waals surface area contributed by atoms with Crippen LogP contribution in [0.15, 0.2) is 17.2 Å². The summed E-state index contributed by atoms with van der Waals surface area (Å²) in [7, 11) is -1.53. The maximum absolute atomic E-state index is 12.0. The minimum atomic E-state index is -3.37. The molecule has 0 aromatic carbocycles. The Labute approximate surface area is 110 Å². The summed E-state index contributed by atoms with van der Waals surface area (Å²) in [5, 5.41) is 3.05. The summed E-state index contributed by atoms with van der Waals surface area (Å²) < 4.78 is 28.6. The van der Waals surface area contributed by atoms with E-state index in [0.29, 0.717) is 18.0 Å². The Morgan fingerprint density at radius 3 is 2.56 bits per heavy atom. The SMILES string of the molecule is CCCNS(=O)(=O)c1cc(CNC)n(C(C)C)c1. The van der Waals surface area contributed by atoms with E-state index in [0.717, 1.165) is 12.1 Å². The van der Waals surface area contributed by atoms with Gasteiger partial charge < -0.3 is 9.88 Å². The molecule has 1 aromatic heterocycles. The zero-order valence-corrected chi connectivity index (χ0v) is 12.3. The van der Waals surface area contributed by atoms with Crippen LogP contribution in [-0.2, 0) is 16.6 Å². The van der Waals surface area contributed by atoms with Crippen molar-refractivity contribution in [3.8, 4) is 0 Å². The fourth-order valence-electron chi connectivity index (χ4n) is 1.77. The molecule has 1 aromatic rings. The van der Waals surface area contributed by atoms with Gasteiger partial charge in [-0.1, -0.05) is 6.92 Å². The molecule has 0 amide bonds. The van der Waals surface area contributed by atoms with Gasteiger partial charge in [-0.3, -0.25) is 0 Å². The average Bonchev–Trinajstić information content (AvgIpc) is 2.72. The van der Waals surface area contributed by atoms with Gasteiger partial charge in [-0.15, -0.1) is 0 Å². The van der Waals surface area contributed by atoms with Crippen LogP contribution in [0.4, 0.5) is 0 Å². The molecule has 0 radical (unpaired) electrons. The molecule has 0 unspecified atom stereocenters. The van der Waals surface area contributed by atoms with E-state index in [9.17, 15) is 8.42 Å². The first-order valence-electron chi connectivity index (χ1n) is 6.27. The van der Waals surface area contributed by atoms with E-state index in [1.165, 1.54) is 0 Å². The molecule has 0 bridgehead atoms. The van der Waals surface area contributed by atoms with E-state index in [4.69, 9.17) is 0 Å². The first kappa shape index (κ1) is 15.2. The number of nitrogens with zero attached hydrogens (tertiary/aromatic N) is 1. The lowest BCUT2D eigenvalue weighted by Gasteiger charge is -2.11. The zero-order chi connectivity index (χ0) is 13.8. The van der Waals surface area contributed by atoms with Gasteiger partial charge in [0.1, 0.15) is 0 Å². The number of sulfonamides is 1. The summed E-state index contributed by atoms with van der Waals surface area (Å²) >= 11 is 0. The minimum absolute atomic E-state index is 0.239. The molecule has 0 atom stereocenters. The fraction of sp³-hybridized carbons (Fsp3) is 0.667. The average molecular weight is 273 g/mol. The topological polar surface area (TPSA) is 63.1 Å². The summed E-state index contributed by atoms with van der Waals surface area (Å²) in [6, 6.07) is 1.97. The van der Waals surface area contributed by atoms with Crippen LogP contribution >= 0.6 is 0 Å². The van der Waals surface area contributed by atoms with Crippen LogP contribution in [0.1, 0.15) is 38.9 Å². The third kappa shape index (κ3) is 3.57. The number of aromatic nitrogens is 1. The second-order valence-corrected chi connectivity index (χ2v) is 6.36. The van der Waals surface area contributed by atoms with Crippen LogP contribution < -0.4 is 10.0 Å². The molecular formula is C12H23N3O2S. The molecular weight excluding hydrogens is 250 g/mol. The predicted molar refractivity (Wildman–Crippen MR) is 73.1 cm³/mol. The Hall–Kier alpha value is -0.850. The Kier molecular flexibility index (Phi) is 5.37. The Morgan fingerprint density at radius 2 is 2.06 bits per heavy atom. The third-order valence-corrected chi connectivity index (χ3v) is 4.10. The van der Waals surface area contributed by atoms with Crippen LogP contribution in [0.5, 0.6) is 0 Å². The standard InChI is InChI=1S/C12H23N3O2S/c1-5-6-14-18(16,17)12-7-11(8-13-4)15(9-12)10(2)3/h7,9-10,13-14H,5-6,8H2,1-4H3. The lowest BCUT2D eigenvalue weighted by atomic mass is 10.3. The number of nitrogens with one attached hydrogen (secondary N) is 2. The summed E-state index contributed by atoms with van der Waals surface area (Å²) in [4.78, 5) is 0.342. The van der Waals surface area contributed by atoms with E-state index in [-0.39, 0.29) is 6.04 Å². The molecule has 0 spiro atoms. The van der Waals surface area contributed by atoms with Crippen molar-refractivity contribution in [2.45, 2.75) is 44.7 Å². The normalized spacial score (nSPS) is 12.3. The van der Waals surface area contributed by atoms with Crippen molar-refractivity contribution in [3.05, 3.63) is 18.0 Å². The predicted octanol–water partition coefficient (Wildman–Crippen LogP) is 1.48. The molecule has 104 valence electrons. The van der Waals surface area contributed by atoms with Gasteiger partial charge in [-0.2, -0.15) is 0 Å². The zero-order valence-electron chi connectivity index (χ0n) is 11.5. The first-order chi connectivity index (χ1) is 8.42. The summed E-state index contributed by atoms with van der Waals surface area (Å²) in [5.74, 6) is 0. The molecule has 1 heterocycles.